The molecule has 0 bridgehead atoms. The van der Waals surface area contributed by atoms with E-state index in [1.54, 1.807) is 0 Å². The van der Waals surface area contributed by atoms with Gasteiger partial charge in [-0.1, -0.05) is 33.1 Å². The average Bonchev–Trinajstić information content (AvgIpc) is 1.95. The van der Waals surface area contributed by atoms with Crippen LogP contribution in [0.3, 0.4) is 0 Å². The molecule has 0 amide bonds. The van der Waals surface area contributed by atoms with Crippen molar-refractivity contribution in [3.8, 4) is 0 Å². The molecule has 1 rings (SSSR count). The molecule has 0 saturated carbocycles. The van der Waals surface area contributed by atoms with Gasteiger partial charge >= 0.3 is 21.7 Å². The Kier molecular flexibility index (Phi) is 13.2. The molecular weight excluding hydrogens is 227 g/mol. The first-order chi connectivity index (χ1) is 4.45. The van der Waals surface area contributed by atoms with Gasteiger partial charge in [-0.05, 0) is 0 Å². The van der Waals surface area contributed by atoms with Crippen LogP contribution in [0.5, 0.6) is 0 Å². The second kappa shape index (κ2) is 7.73. The van der Waals surface area contributed by atoms with Gasteiger partial charge in [0.15, 0.2) is 0 Å². The van der Waals surface area contributed by atoms with Gasteiger partial charge in [0.05, 0.1) is 0 Å². The van der Waals surface area contributed by atoms with E-state index in [1.807, 2.05) is 0 Å². The van der Waals surface area contributed by atoms with E-state index < -0.39 is 0 Å². The molecule has 0 aromatic heterocycles. The summed E-state index contributed by atoms with van der Waals surface area (Å²) < 4.78 is 0. The smallest absolute Gasteiger partial charge is 1.00 e. The molecule has 0 aromatic carbocycles. The number of rotatable bonds is 0. The number of halogens is 1. The van der Waals surface area contributed by atoms with E-state index in [1.165, 1.54) is 16.7 Å². The second-order valence-electron chi connectivity index (χ2n) is 3.62. The molecule has 14 heavy (non-hydrogen) atoms. The van der Waals surface area contributed by atoms with Gasteiger partial charge in [0, 0.05) is 0 Å². The predicted molar refractivity (Wildman–Crippen MR) is 57.4 cm³/mol. The van der Waals surface area contributed by atoms with Gasteiger partial charge in [-0.3, -0.25) is 6.08 Å². The fourth-order valence-electron chi connectivity index (χ4n) is 1.41. The Balaban J connectivity index is -0.000000125. The summed E-state index contributed by atoms with van der Waals surface area (Å²) in [5.41, 5.74) is 4.39. The Bertz CT molecular complexity index is 224. The van der Waals surface area contributed by atoms with Gasteiger partial charge in [-0.2, -0.15) is 11.1 Å². The number of hydrogen-bond donors (Lipinski definition) is 0. The summed E-state index contributed by atoms with van der Waals surface area (Å²) >= 11 is 0. The molecule has 0 N–H and O–H groups in total. The van der Waals surface area contributed by atoms with Crippen molar-refractivity contribution in [1.29, 1.82) is 0 Å². The van der Waals surface area contributed by atoms with Gasteiger partial charge in [0.1, 0.15) is 0 Å². The van der Waals surface area contributed by atoms with E-state index in [-0.39, 0.29) is 54.4 Å². The molecule has 0 atom stereocenters. The third kappa shape index (κ3) is 4.34. The SMILES string of the molecule is CC1=[C-]C(C)(C)C(C)=C1C.[CH3-].[CH3-].[Cl-].[Ti+4]. The van der Waals surface area contributed by atoms with E-state index in [9.17, 15) is 0 Å². The maximum absolute atomic E-state index is 3.44. The Morgan fingerprint density at radius 2 is 1.36 bits per heavy atom. The molecule has 0 heterocycles. The van der Waals surface area contributed by atoms with Crippen LogP contribution in [-0.4, -0.2) is 0 Å². The number of allylic oxidation sites excluding steroid dienone is 4. The third-order valence-electron chi connectivity index (χ3n) is 2.56. The molecular formula is C12H21ClTi. The van der Waals surface area contributed by atoms with Crippen molar-refractivity contribution in [2.24, 2.45) is 5.41 Å². The monoisotopic (exact) mass is 248 g/mol. The summed E-state index contributed by atoms with van der Waals surface area (Å²) in [5, 5.41) is 0. The van der Waals surface area contributed by atoms with E-state index in [4.69, 9.17) is 0 Å². The fraction of sp³-hybridized carbons (Fsp3) is 0.500. The average molecular weight is 249 g/mol. The van der Waals surface area contributed by atoms with Crippen LogP contribution in [0.2, 0.25) is 0 Å². The van der Waals surface area contributed by atoms with Crippen molar-refractivity contribution in [2.45, 2.75) is 34.6 Å². The summed E-state index contributed by atoms with van der Waals surface area (Å²) in [6.45, 7) is 10.9. The Labute approximate surface area is 112 Å². The van der Waals surface area contributed by atoms with Crippen LogP contribution in [0.15, 0.2) is 16.7 Å². The van der Waals surface area contributed by atoms with Crippen LogP contribution in [0.1, 0.15) is 34.6 Å². The quantitative estimate of drug-likeness (QED) is 0.444. The standard InChI is InChI=1S/C10H15.2CH3.ClH.Ti/c1-7-6-10(4,5)9(3)8(7)2;;;;/h1-5H3;2*1H3;1H;/q3*-1;;+4/p-1. The molecule has 2 heteroatoms. The molecule has 0 unspecified atom stereocenters. The van der Waals surface area contributed by atoms with Crippen molar-refractivity contribution in [3.63, 3.8) is 0 Å². The largest absolute Gasteiger partial charge is 4.00 e. The van der Waals surface area contributed by atoms with Crippen molar-refractivity contribution in [2.75, 3.05) is 0 Å². The topological polar surface area (TPSA) is 0 Å². The van der Waals surface area contributed by atoms with Crippen LogP contribution < -0.4 is 12.4 Å². The van der Waals surface area contributed by atoms with Gasteiger partial charge < -0.3 is 27.3 Å². The second-order valence-corrected chi connectivity index (χ2v) is 3.62. The summed E-state index contributed by atoms with van der Waals surface area (Å²) in [4.78, 5) is 0. The maximum Gasteiger partial charge on any atom is 4.00 e. The molecule has 1 aliphatic rings. The fourth-order valence-corrected chi connectivity index (χ4v) is 1.41. The predicted octanol–water partition coefficient (Wildman–Crippen LogP) is 1.01. The zero-order chi connectivity index (χ0) is 7.94. The maximum atomic E-state index is 3.44. The van der Waals surface area contributed by atoms with Crippen molar-refractivity contribution in [3.05, 3.63) is 37.6 Å². The van der Waals surface area contributed by atoms with Crippen molar-refractivity contribution < 1.29 is 34.1 Å². The van der Waals surface area contributed by atoms with Crippen molar-refractivity contribution >= 4 is 0 Å². The molecule has 0 aromatic rings. The number of hydrogen-bond acceptors (Lipinski definition) is 0. The van der Waals surface area contributed by atoms with Crippen LogP contribution in [0.4, 0.5) is 0 Å². The molecule has 80 valence electrons. The zero-order valence-electron chi connectivity index (χ0n) is 10.4. The minimum atomic E-state index is 0. The Morgan fingerprint density at radius 1 is 1.00 bits per heavy atom. The summed E-state index contributed by atoms with van der Waals surface area (Å²) in [5.74, 6) is 0. The molecule has 0 aliphatic heterocycles. The van der Waals surface area contributed by atoms with Crippen LogP contribution in [-0.2, 0) is 21.7 Å². The molecule has 1 aliphatic carbocycles. The van der Waals surface area contributed by atoms with E-state index >= 15 is 0 Å². The first-order valence-corrected chi connectivity index (χ1v) is 3.75. The summed E-state index contributed by atoms with van der Waals surface area (Å²) in [7, 11) is 0. The van der Waals surface area contributed by atoms with Crippen LogP contribution >= 0.6 is 0 Å². The minimum Gasteiger partial charge on any atom is -1.00 e. The molecule has 0 nitrogen and oxygen atoms in total. The minimum absolute atomic E-state index is 0. The van der Waals surface area contributed by atoms with Gasteiger partial charge in [-0.25, -0.2) is 5.57 Å². The molecule has 0 radical (unpaired) electrons. The Morgan fingerprint density at radius 3 is 1.43 bits per heavy atom. The van der Waals surface area contributed by atoms with Crippen molar-refractivity contribution in [1.82, 2.24) is 0 Å². The molecule has 0 saturated heterocycles. The zero-order valence-corrected chi connectivity index (χ0v) is 12.7. The third-order valence-corrected chi connectivity index (χ3v) is 2.56. The normalized spacial score (nSPS) is 16.8. The van der Waals surface area contributed by atoms with Crippen LogP contribution in [0.25, 0.3) is 0 Å². The molecule has 0 spiro atoms. The summed E-state index contributed by atoms with van der Waals surface area (Å²) in [6.07, 6.45) is 3.44. The van der Waals surface area contributed by atoms with E-state index in [0.717, 1.165) is 0 Å². The van der Waals surface area contributed by atoms with E-state index in [2.05, 4.69) is 40.7 Å². The van der Waals surface area contributed by atoms with Gasteiger partial charge in [-0.15, -0.1) is 6.92 Å². The van der Waals surface area contributed by atoms with E-state index in [0.29, 0.717) is 0 Å². The Hall–Kier alpha value is 0.484. The van der Waals surface area contributed by atoms with Gasteiger partial charge in [0.2, 0.25) is 0 Å². The first-order valence-electron chi connectivity index (χ1n) is 3.75. The summed E-state index contributed by atoms with van der Waals surface area (Å²) in [6, 6.07) is 0. The van der Waals surface area contributed by atoms with Gasteiger partial charge in [0.25, 0.3) is 0 Å². The first kappa shape index (κ1) is 24.0. The van der Waals surface area contributed by atoms with Crippen LogP contribution in [0, 0.1) is 26.3 Å². The molecule has 0 fully saturated rings.